The van der Waals surface area contributed by atoms with Gasteiger partial charge in [0.05, 0.1) is 5.75 Å². The van der Waals surface area contributed by atoms with E-state index < -0.39 is 0 Å². The van der Waals surface area contributed by atoms with E-state index in [-0.39, 0.29) is 11.8 Å². The Hall–Kier alpha value is -2.41. The van der Waals surface area contributed by atoms with Crippen molar-refractivity contribution in [3.8, 4) is 0 Å². The van der Waals surface area contributed by atoms with Gasteiger partial charge in [-0.15, -0.1) is 0 Å². The van der Waals surface area contributed by atoms with Crippen LogP contribution in [0, 0.1) is 0 Å². The number of rotatable bonds is 4. The average molecular weight is 354 g/mol. The van der Waals surface area contributed by atoms with Gasteiger partial charge in [0, 0.05) is 31.4 Å². The minimum absolute atomic E-state index is 0.133. The van der Waals surface area contributed by atoms with Crippen LogP contribution < -0.4 is 0 Å². The summed E-state index contributed by atoms with van der Waals surface area (Å²) in [5, 5.41) is 0.636. The molecule has 0 radical (unpaired) electrons. The number of piperidine rings is 1. The highest BCUT2D eigenvalue weighted by Crippen LogP contribution is 2.30. The van der Waals surface area contributed by atoms with E-state index in [1.54, 1.807) is 18.5 Å². The lowest BCUT2D eigenvalue weighted by Crippen LogP contribution is -2.39. The first kappa shape index (κ1) is 16.1. The summed E-state index contributed by atoms with van der Waals surface area (Å²) in [6, 6.07) is 9.58. The smallest absolute Gasteiger partial charge is 0.233 e. The lowest BCUT2D eigenvalue weighted by Gasteiger charge is -2.30. The zero-order valence-corrected chi connectivity index (χ0v) is 14.5. The lowest BCUT2D eigenvalue weighted by atomic mass is 9.97. The number of carbonyl (C=O) groups excluding carboxylic acids is 1. The van der Waals surface area contributed by atoms with Crippen LogP contribution in [0.4, 0.5) is 0 Å². The number of likely N-dealkylation sites (tertiary alicyclic amines) is 1. The average Bonchev–Trinajstić information content (AvgIpc) is 3.11. The van der Waals surface area contributed by atoms with Crippen LogP contribution in [-0.4, -0.2) is 44.6 Å². The first-order valence-electron chi connectivity index (χ1n) is 8.32. The maximum absolute atomic E-state index is 12.4. The zero-order chi connectivity index (χ0) is 17.1. The third-order valence-electron chi connectivity index (χ3n) is 4.37. The predicted octanol–water partition coefficient (Wildman–Crippen LogP) is 3.12. The van der Waals surface area contributed by atoms with Crippen LogP contribution in [-0.2, 0) is 4.79 Å². The number of fused-ring (bicyclic) bond motifs is 1. The van der Waals surface area contributed by atoms with E-state index in [1.165, 1.54) is 11.8 Å². The van der Waals surface area contributed by atoms with Crippen LogP contribution in [0.15, 0.2) is 52.3 Å². The number of nitrogens with zero attached hydrogens (tertiary/aromatic N) is 4. The van der Waals surface area contributed by atoms with Crippen molar-refractivity contribution in [2.24, 2.45) is 0 Å². The number of hydrogen-bond donors (Lipinski definition) is 0. The van der Waals surface area contributed by atoms with E-state index in [2.05, 4.69) is 15.0 Å². The number of para-hydroxylation sites is 2. The van der Waals surface area contributed by atoms with Crippen LogP contribution in [0.5, 0.6) is 0 Å². The number of benzene rings is 1. The Bertz CT molecular complexity index is 827. The molecule has 1 aliphatic heterocycles. The van der Waals surface area contributed by atoms with Crippen LogP contribution in [0.1, 0.15) is 24.7 Å². The molecule has 1 aromatic carbocycles. The maximum Gasteiger partial charge on any atom is 0.233 e. The second-order valence-corrected chi connectivity index (χ2v) is 6.94. The van der Waals surface area contributed by atoms with E-state index in [0.29, 0.717) is 10.9 Å². The van der Waals surface area contributed by atoms with Gasteiger partial charge in [-0.05, 0) is 31.0 Å². The van der Waals surface area contributed by atoms with Crippen molar-refractivity contribution in [1.82, 2.24) is 19.9 Å². The first-order valence-corrected chi connectivity index (χ1v) is 9.31. The summed E-state index contributed by atoms with van der Waals surface area (Å²) in [4.78, 5) is 27.1. The lowest BCUT2D eigenvalue weighted by molar-refractivity contribution is -0.129. The molecule has 1 aliphatic rings. The third-order valence-corrected chi connectivity index (χ3v) is 5.23. The first-order chi connectivity index (χ1) is 12.3. The Morgan fingerprint density at radius 3 is 2.68 bits per heavy atom. The zero-order valence-electron chi connectivity index (χ0n) is 13.7. The van der Waals surface area contributed by atoms with Crippen molar-refractivity contribution in [3.63, 3.8) is 0 Å². The van der Waals surface area contributed by atoms with Gasteiger partial charge in [-0.1, -0.05) is 23.9 Å². The maximum atomic E-state index is 12.4. The van der Waals surface area contributed by atoms with Gasteiger partial charge in [0.15, 0.2) is 16.6 Å². The number of aromatic nitrogens is 3. The fourth-order valence-corrected chi connectivity index (χ4v) is 3.72. The quantitative estimate of drug-likeness (QED) is 0.529. The number of carbonyl (C=O) groups is 1. The Balaban J connectivity index is 1.32. The Kier molecular flexibility index (Phi) is 4.65. The Labute approximate surface area is 149 Å². The summed E-state index contributed by atoms with van der Waals surface area (Å²) in [6.45, 7) is 1.47. The molecule has 0 saturated carbocycles. The van der Waals surface area contributed by atoms with Crippen molar-refractivity contribution in [1.29, 1.82) is 0 Å². The summed E-state index contributed by atoms with van der Waals surface area (Å²) in [5.74, 6) is 1.58. The van der Waals surface area contributed by atoms with Crippen molar-refractivity contribution in [3.05, 3.63) is 48.6 Å². The molecule has 1 saturated heterocycles. The van der Waals surface area contributed by atoms with Gasteiger partial charge < -0.3 is 9.32 Å². The molecule has 1 amide bonds. The number of thioether (sulfide) groups is 1. The van der Waals surface area contributed by atoms with Crippen LogP contribution in [0.3, 0.4) is 0 Å². The van der Waals surface area contributed by atoms with Gasteiger partial charge in [0.2, 0.25) is 5.91 Å². The van der Waals surface area contributed by atoms with E-state index >= 15 is 0 Å². The summed E-state index contributed by atoms with van der Waals surface area (Å²) < 4.78 is 5.87. The van der Waals surface area contributed by atoms with Crippen molar-refractivity contribution in [2.75, 3.05) is 18.8 Å². The number of hydrogen-bond acceptors (Lipinski definition) is 6. The molecule has 0 N–H and O–H groups in total. The highest BCUT2D eigenvalue weighted by Gasteiger charge is 2.27. The summed E-state index contributed by atoms with van der Waals surface area (Å²) in [5.41, 5.74) is 1.73. The number of amides is 1. The summed E-state index contributed by atoms with van der Waals surface area (Å²) in [6.07, 6.45) is 5.13. The fraction of sp³-hybridized carbons (Fsp3) is 0.333. The second-order valence-electron chi connectivity index (χ2n) is 5.99. The molecule has 3 heterocycles. The van der Waals surface area contributed by atoms with Crippen molar-refractivity contribution >= 4 is 28.8 Å². The Morgan fingerprint density at radius 1 is 1.16 bits per heavy atom. The molecular formula is C18H18N4O2S. The van der Waals surface area contributed by atoms with Gasteiger partial charge in [-0.3, -0.25) is 4.79 Å². The molecule has 25 heavy (non-hydrogen) atoms. The predicted molar refractivity (Wildman–Crippen MR) is 95.3 cm³/mol. The van der Waals surface area contributed by atoms with E-state index in [4.69, 9.17) is 4.42 Å². The van der Waals surface area contributed by atoms with Gasteiger partial charge in [0.25, 0.3) is 0 Å². The molecule has 3 aromatic rings. The van der Waals surface area contributed by atoms with E-state index in [1.807, 2.05) is 29.2 Å². The normalized spacial score (nSPS) is 15.6. The Morgan fingerprint density at radius 2 is 1.92 bits per heavy atom. The van der Waals surface area contributed by atoms with Crippen LogP contribution in [0.2, 0.25) is 0 Å². The van der Waals surface area contributed by atoms with E-state index in [9.17, 15) is 4.79 Å². The third kappa shape index (κ3) is 3.66. The summed E-state index contributed by atoms with van der Waals surface area (Å²) in [7, 11) is 0. The topological polar surface area (TPSA) is 72.1 Å². The highest BCUT2D eigenvalue weighted by atomic mass is 32.2. The fourth-order valence-electron chi connectivity index (χ4n) is 3.02. The molecule has 128 valence electrons. The van der Waals surface area contributed by atoms with Crippen molar-refractivity contribution in [2.45, 2.75) is 23.9 Å². The minimum atomic E-state index is 0.133. The molecule has 7 heteroatoms. The molecule has 0 unspecified atom stereocenters. The summed E-state index contributed by atoms with van der Waals surface area (Å²) >= 11 is 1.38. The molecule has 0 bridgehead atoms. The largest absolute Gasteiger partial charge is 0.440 e. The molecule has 2 aromatic heterocycles. The van der Waals surface area contributed by atoms with Gasteiger partial charge in [-0.25, -0.2) is 15.0 Å². The monoisotopic (exact) mass is 354 g/mol. The highest BCUT2D eigenvalue weighted by molar-refractivity contribution is 7.99. The molecular weight excluding hydrogens is 336 g/mol. The second kappa shape index (κ2) is 7.23. The van der Waals surface area contributed by atoms with Gasteiger partial charge in [0.1, 0.15) is 5.52 Å². The standard InChI is InChI=1S/C18H18N4O2S/c23-16(12-25-18-19-8-3-9-20-18)22-10-6-13(7-11-22)17-21-14-4-1-2-5-15(14)24-17/h1-5,8-9,13H,6-7,10-12H2. The van der Waals surface area contributed by atoms with Crippen molar-refractivity contribution < 1.29 is 9.21 Å². The molecule has 0 atom stereocenters. The SMILES string of the molecule is O=C(CSc1ncccn1)N1CCC(c2nc3ccccc3o2)CC1. The molecule has 0 aliphatic carbocycles. The molecule has 6 nitrogen and oxygen atoms in total. The van der Waals surface area contributed by atoms with Gasteiger partial charge >= 0.3 is 0 Å². The molecule has 1 fully saturated rings. The van der Waals surface area contributed by atoms with Crippen LogP contribution in [0.25, 0.3) is 11.1 Å². The minimum Gasteiger partial charge on any atom is -0.440 e. The molecule has 4 rings (SSSR count). The molecule has 0 spiro atoms. The van der Waals surface area contributed by atoms with E-state index in [0.717, 1.165) is 42.9 Å². The van der Waals surface area contributed by atoms with Crippen LogP contribution >= 0.6 is 11.8 Å². The number of oxazole rings is 1. The van der Waals surface area contributed by atoms with Gasteiger partial charge in [-0.2, -0.15) is 0 Å².